The molecule has 10 heteroatoms. The van der Waals surface area contributed by atoms with Gasteiger partial charge in [0, 0.05) is 35.3 Å². The summed E-state index contributed by atoms with van der Waals surface area (Å²) >= 11 is 0. The van der Waals surface area contributed by atoms with Crippen LogP contribution in [0.25, 0.3) is 10.9 Å². The van der Waals surface area contributed by atoms with Crippen LogP contribution in [0, 0.1) is 0 Å². The molecule has 0 atom stereocenters. The van der Waals surface area contributed by atoms with Crippen LogP contribution in [0.3, 0.4) is 0 Å². The molecule has 1 N–H and O–H groups in total. The van der Waals surface area contributed by atoms with Gasteiger partial charge >= 0.3 is 0 Å². The standard InChI is InChI=1S/C30H29N5O4S/c36-30(21-5-6-23-18-39-10-11-40(37,38)28(23)13-21)33-16-24-14-26-22(15-31-24)7-8-29(34-26)35-9-1-2-20-12-25(19-3-4-19)32-17-27(20)35/h5-8,12-15,17,19H,1-4,9-11,16,18H2,(H,33,36). The number of nitrogens with one attached hydrogen (secondary N) is 1. The van der Waals surface area contributed by atoms with Crippen molar-refractivity contribution in [2.24, 2.45) is 0 Å². The van der Waals surface area contributed by atoms with Gasteiger partial charge in [0.2, 0.25) is 0 Å². The maximum absolute atomic E-state index is 12.9. The third kappa shape index (κ3) is 4.82. The molecule has 0 bridgehead atoms. The number of hydrogen-bond donors (Lipinski definition) is 1. The second-order valence-corrected chi connectivity index (χ2v) is 12.8. The molecule has 1 aliphatic carbocycles. The Hall–Kier alpha value is -3.89. The number of ether oxygens (including phenoxy) is 1. The third-order valence-corrected chi connectivity index (χ3v) is 9.60. The molecule has 4 aromatic rings. The molecule has 7 rings (SSSR count). The first-order valence-electron chi connectivity index (χ1n) is 13.7. The van der Waals surface area contributed by atoms with Crippen LogP contribution >= 0.6 is 0 Å². The first kappa shape index (κ1) is 25.1. The van der Waals surface area contributed by atoms with Gasteiger partial charge in [0.25, 0.3) is 5.91 Å². The lowest BCUT2D eigenvalue weighted by molar-refractivity contribution is 0.0950. The fourth-order valence-corrected chi connectivity index (χ4v) is 6.86. The maximum atomic E-state index is 12.9. The van der Waals surface area contributed by atoms with Gasteiger partial charge in [0.15, 0.2) is 9.84 Å². The molecule has 40 heavy (non-hydrogen) atoms. The van der Waals surface area contributed by atoms with Crippen LogP contribution in [0.1, 0.15) is 58.1 Å². The summed E-state index contributed by atoms with van der Waals surface area (Å²) < 4.78 is 30.6. The molecule has 3 aromatic heterocycles. The van der Waals surface area contributed by atoms with Crippen LogP contribution in [0.2, 0.25) is 0 Å². The summed E-state index contributed by atoms with van der Waals surface area (Å²) in [7, 11) is -3.49. The van der Waals surface area contributed by atoms with Crippen LogP contribution in [-0.4, -0.2) is 48.2 Å². The highest BCUT2D eigenvalue weighted by Crippen LogP contribution is 2.41. The van der Waals surface area contributed by atoms with Gasteiger partial charge in [-0.1, -0.05) is 6.07 Å². The topological polar surface area (TPSA) is 114 Å². The SMILES string of the molecule is O=C(NCc1cc2nc(N3CCCc4cc(C5CC5)ncc43)ccc2cn1)c1ccc2c(c1)S(=O)(=O)CCOC2. The Morgan fingerprint density at radius 1 is 1.05 bits per heavy atom. The van der Waals surface area contributed by atoms with Gasteiger partial charge in [-0.25, -0.2) is 13.4 Å². The van der Waals surface area contributed by atoms with E-state index in [1.165, 1.54) is 30.2 Å². The number of benzene rings is 1. The lowest BCUT2D eigenvalue weighted by Crippen LogP contribution is -2.26. The highest BCUT2D eigenvalue weighted by atomic mass is 32.2. The van der Waals surface area contributed by atoms with Gasteiger partial charge in [0.05, 0.1) is 53.5 Å². The molecule has 3 aliphatic rings. The second-order valence-electron chi connectivity index (χ2n) is 10.7. The Labute approximate surface area is 232 Å². The zero-order valence-electron chi connectivity index (χ0n) is 22.0. The van der Waals surface area contributed by atoms with E-state index in [9.17, 15) is 13.2 Å². The molecule has 0 unspecified atom stereocenters. The largest absolute Gasteiger partial charge is 0.376 e. The minimum atomic E-state index is -3.49. The summed E-state index contributed by atoms with van der Waals surface area (Å²) in [5.74, 6) is 1.04. The Bertz CT molecular complexity index is 1750. The lowest BCUT2D eigenvalue weighted by atomic mass is 10.0. The number of sulfone groups is 1. The van der Waals surface area contributed by atoms with Crippen molar-refractivity contribution in [3.63, 3.8) is 0 Å². The molecule has 204 valence electrons. The summed E-state index contributed by atoms with van der Waals surface area (Å²) in [6, 6.07) is 12.9. The summed E-state index contributed by atoms with van der Waals surface area (Å²) in [5.41, 5.74) is 5.99. The normalized spacial score (nSPS) is 18.1. The molecule has 5 heterocycles. The summed E-state index contributed by atoms with van der Waals surface area (Å²) in [6.45, 7) is 1.43. The highest BCUT2D eigenvalue weighted by molar-refractivity contribution is 7.91. The van der Waals surface area contributed by atoms with Crippen molar-refractivity contribution >= 4 is 38.2 Å². The minimum Gasteiger partial charge on any atom is -0.376 e. The Balaban J connectivity index is 1.10. The number of aryl methyl sites for hydroxylation is 1. The fraction of sp³-hybridized carbons (Fsp3) is 0.333. The molecule has 9 nitrogen and oxygen atoms in total. The van der Waals surface area contributed by atoms with Crippen molar-refractivity contribution in [2.45, 2.75) is 49.6 Å². The fourth-order valence-electron chi connectivity index (χ4n) is 5.47. The van der Waals surface area contributed by atoms with Crippen LogP contribution in [0.4, 0.5) is 11.5 Å². The van der Waals surface area contributed by atoms with E-state index in [4.69, 9.17) is 14.7 Å². The number of carbonyl (C=O) groups is 1. The molecule has 1 fully saturated rings. The van der Waals surface area contributed by atoms with Gasteiger partial charge in [-0.2, -0.15) is 0 Å². The third-order valence-electron chi connectivity index (χ3n) is 7.84. The second kappa shape index (κ2) is 9.94. The van der Waals surface area contributed by atoms with E-state index >= 15 is 0 Å². The monoisotopic (exact) mass is 555 g/mol. The van der Waals surface area contributed by atoms with E-state index in [1.54, 1.807) is 18.3 Å². The Morgan fingerprint density at radius 2 is 1.95 bits per heavy atom. The van der Waals surface area contributed by atoms with Gasteiger partial charge in [-0.15, -0.1) is 0 Å². The molecule has 0 spiro atoms. The predicted molar refractivity (Wildman–Crippen MR) is 150 cm³/mol. The number of nitrogens with zero attached hydrogens (tertiary/aromatic N) is 4. The van der Waals surface area contributed by atoms with E-state index in [1.807, 2.05) is 24.4 Å². The molecule has 1 saturated carbocycles. The summed E-state index contributed by atoms with van der Waals surface area (Å²) in [4.78, 5) is 29.5. The van der Waals surface area contributed by atoms with Crippen molar-refractivity contribution in [2.75, 3.05) is 23.8 Å². The minimum absolute atomic E-state index is 0.0951. The quantitative estimate of drug-likeness (QED) is 0.389. The van der Waals surface area contributed by atoms with Gasteiger partial charge in [0.1, 0.15) is 5.82 Å². The molecule has 1 amide bonds. The van der Waals surface area contributed by atoms with Crippen molar-refractivity contribution < 1.29 is 17.9 Å². The molecule has 1 aromatic carbocycles. The average Bonchev–Trinajstić information content (AvgIpc) is 3.84. The van der Waals surface area contributed by atoms with E-state index in [2.05, 4.69) is 21.3 Å². The number of hydrogen-bond acceptors (Lipinski definition) is 8. The number of carbonyl (C=O) groups excluding carboxylic acids is 1. The Morgan fingerprint density at radius 3 is 2.83 bits per heavy atom. The van der Waals surface area contributed by atoms with Crippen LogP contribution in [-0.2, 0) is 34.1 Å². The average molecular weight is 556 g/mol. The summed E-state index contributed by atoms with van der Waals surface area (Å²) in [6.07, 6.45) is 8.36. The van der Waals surface area contributed by atoms with E-state index in [0.29, 0.717) is 17.2 Å². The lowest BCUT2D eigenvalue weighted by Gasteiger charge is -2.30. The number of pyridine rings is 3. The van der Waals surface area contributed by atoms with E-state index in [-0.39, 0.29) is 41.9 Å². The van der Waals surface area contributed by atoms with Crippen LogP contribution < -0.4 is 10.2 Å². The zero-order valence-corrected chi connectivity index (χ0v) is 22.8. The van der Waals surface area contributed by atoms with Gasteiger partial charge < -0.3 is 15.0 Å². The first-order chi connectivity index (χ1) is 19.4. The molecule has 0 saturated heterocycles. The smallest absolute Gasteiger partial charge is 0.251 e. The van der Waals surface area contributed by atoms with Crippen molar-refractivity contribution in [3.05, 3.63) is 82.9 Å². The van der Waals surface area contributed by atoms with E-state index < -0.39 is 9.84 Å². The van der Waals surface area contributed by atoms with Crippen LogP contribution in [0.15, 0.2) is 59.8 Å². The zero-order chi connectivity index (χ0) is 27.3. The first-order valence-corrected chi connectivity index (χ1v) is 15.3. The number of anilines is 2. The Kier molecular flexibility index (Phi) is 6.24. The molecule has 2 aliphatic heterocycles. The van der Waals surface area contributed by atoms with E-state index in [0.717, 1.165) is 41.8 Å². The number of fused-ring (bicyclic) bond motifs is 3. The van der Waals surface area contributed by atoms with Crippen molar-refractivity contribution in [1.82, 2.24) is 20.3 Å². The molecular formula is C30H29N5O4S. The summed E-state index contributed by atoms with van der Waals surface area (Å²) in [5, 5.41) is 3.78. The highest BCUT2D eigenvalue weighted by Gasteiger charge is 2.28. The maximum Gasteiger partial charge on any atom is 0.251 e. The van der Waals surface area contributed by atoms with Crippen molar-refractivity contribution in [3.8, 4) is 0 Å². The van der Waals surface area contributed by atoms with Crippen LogP contribution in [0.5, 0.6) is 0 Å². The number of amides is 1. The number of aromatic nitrogens is 3. The van der Waals surface area contributed by atoms with Gasteiger partial charge in [-0.05, 0) is 73.2 Å². The number of rotatable bonds is 5. The van der Waals surface area contributed by atoms with Gasteiger partial charge in [-0.3, -0.25) is 14.8 Å². The molecule has 0 radical (unpaired) electrons. The molecular weight excluding hydrogens is 526 g/mol. The predicted octanol–water partition coefficient (Wildman–Crippen LogP) is 4.22. The van der Waals surface area contributed by atoms with Crippen molar-refractivity contribution in [1.29, 1.82) is 0 Å².